The van der Waals surface area contributed by atoms with Crippen molar-refractivity contribution in [2.45, 2.75) is 26.3 Å². The molecule has 0 fully saturated rings. The SMILES string of the molecule is CCNC(=NCCc1cccc(O)c1)NC(C)c1ccccc1. The van der Waals surface area contributed by atoms with E-state index in [0.29, 0.717) is 12.3 Å². The van der Waals surface area contributed by atoms with Gasteiger partial charge in [0.25, 0.3) is 0 Å². The Balaban J connectivity index is 1.94. The standard InChI is InChI=1S/C19H25N3O/c1-3-20-19(22-15(2)17-9-5-4-6-10-17)21-13-12-16-8-7-11-18(23)14-16/h4-11,14-15,23H,3,12-13H2,1-2H3,(H2,20,21,22). The van der Waals surface area contributed by atoms with E-state index in [1.807, 2.05) is 30.3 Å². The minimum atomic E-state index is 0.190. The van der Waals surface area contributed by atoms with Crippen LogP contribution in [0.25, 0.3) is 0 Å². The first-order valence-corrected chi connectivity index (χ1v) is 8.06. The van der Waals surface area contributed by atoms with Crippen LogP contribution in [-0.2, 0) is 6.42 Å². The van der Waals surface area contributed by atoms with Gasteiger partial charge in [0.1, 0.15) is 5.75 Å². The molecule has 0 aliphatic heterocycles. The molecule has 0 saturated carbocycles. The molecule has 1 unspecified atom stereocenters. The molecule has 0 aliphatic carbocycles. The molecule has 0 spiro atoms. The highest BCUT2D eigenvalue weighted by Gasteiger charge is 2.06. The molecule has 0 amide bonds. The van der Waals surface area contributed by atoms with Crippen molar-refractivity contribution < 1.29 is 5.11 Å². The van der Waals surface area contributed by atoms with Crippen LogP contribution in [0, 0.1) is 0 Å². The van der Waals surface area contributed by atoms with Gasteiger partial charge in [-0.2, -0.15) is 0 Å². The molecule has 1 atom stereocenters. The number of aromatic hydroxyl groups is 1. The molecule has 0 heterocycles. The third-order valence-electron chi connectivity index (χ3n) is 3.58. The van der Waals surface area contributed by atoms with E-state index < -0.39 is 0 Å². The zero-order valence-corrected chi connectivity index (χ0v) is 13.8. The number of benzene rings is 2. The average Bonchev–Trinajstić information content (AvgIpc) is 2.56. The third-order valence-corrected chi connectivity index (χ3v) is 3.58. The van der Waals surface area contributed by atoms with Gasteiger partial charge in [0.05, 0.1) is 6.04 Å². The van der Waals surface area contributed by atoms with Crippen LogP contribution in [0.15, 0.2) is 59.6 Å². The number of rotatable bonds is 6. The molecule has 23 heavy (non-hydrogen) atoms. The Labute approximate surface area is 138 Å². The van der Waals surface area contributed by atoms with Gasteiger partial charge < -0.3 is 15.7 Å². The molecule has 0 bridgehead atoms. The maximum atomic E-state index is 9.49. The molecular formula is C19H25N3O. The summed E-state index contributed by atoms with van der Waals surface area (Å²) in [6.45, 7) is 5.66. The van der Waals surface area contributed by atoms with Gasteiger partial charge in [-0.05, 0) is 43.5 Å². The minimum Gasteiger partial charge on any atom is -0.508 e. The minimum absolute atomic E-state index is 0.190. The van der Waals surface area contributed by atoms with Gasteiger partial charge in [-0.25, -0.2) is 0 Å². The summed E-state index contributed by atoms with van der Waals surface area (Å²) in [5.74, 6) is 1.11. The lowest BCUT2D eigenvalue weighted by Crippen LogP contribution is -2.38. The van der Waals surface area contributed by atoms with Gasteiger partial charge in [-0.3, -0.25) is 4.99 Å². The van der Waals surface area contributed by atoms with Crippen LogP contribution in [-0.4, -0.2) is 24.2 Å². The van der Waals surface area contributed by atoms with Gasteiger partial charge >= 0.3 is 0 Å². The van der Waals surface area contributed by atoms with Gasteiger partial charge in [0.15, 0.2) is 5.96 Å². The number of phenols is 1. The Kier molecular flexibility index (Phi) is 6.48. The molecule has 0 radical (unpaired) electrons. The highest BCUT2D eigenvalue weighted by molar-refractivity contribution is 5.80. The Morgan fingerprint density at radius 1 is 1.13 bits per heavy atom. The van der Waals surface area contributed by atoms with E-state index in [4.69, 9.17) is 0 Å². The lowest BCUT2D eigenvalue weighted by molar-refractivity contribution is 0.474. The van der Waals surface area contributed by atoms with Crippen molar-refractivity contribution in [2.24, 2.45) is 4.99 Å². The van der Waals surface area contributed by atoms with Crippen LogP contribution in [0.2, 0.25) is 0 Å². The summed E-state index contributed by atoms with van der Waals surface area (Å²) in [5.41, 5.74) is 2.31. The summed E-state index contributed by atoms with van der Waals surface area (Å²) >= 11 is 0. The van der Waals surface area contributed by atoms with Crippen LogP contribution in [0.1, 0.15) is 31.0 Å². The summed E-state index contributed by atoms with van der Waals surface area (Å²) in [7, 11) is 0. The molecule has 0 aliphatic rings. The Bertz CT molecular complexity index is 626. The van der Waals surface area contributed by atoms with Crippen molar-refractivity contribution in [3.05, 3.63) is 65.7 Å². The first kappa shape index (κ1) is 16.9. The summed E-state index contributed by atoms with van der Waals surface area (Å²) in [6, 6.07) is 17.8. The quantitative estimate of drug-likeness (QED) is 0.567. The van der Waals surface area contributed by atoms with E-state index in [9.17, 15) is 5.11 Å². The van der Waals surface area contributed by atoms with Crippen molar-refractivity contribution >= 4 is 5.96 Å². The van der Waals surface area contributed by atoms with Crippen molar-refractivity contribution in [2.75, 3.05) is 13.1 Å². The first-order valence-electron chi connectivity index (χ1n) is 8.06. The van der Waals surface area contributed by atoms with E-state index >= 15 is 0 Å². The Morgan fingerprint density at radius 3 is 2.61 bits per heavy atom. The molecule has 0 aromatic heterocycles. The van der Waals surface area contributed by atoms with Crippen molar-refractivity contribution in [1.82, 2.24) is 10.6 Å². The molecule has 4 nitrogen and oxygen atoms in total. The second-order valence-corrected chi connectivity index (χ2v) is 5.46. The number of nitrogens with zero attached hydrogens (tertiary/aromatic N) is 1. The Morgan fingerprint density at radius 2 is 1.91 bits per heavy atom. The fourth-order valence-corrected chi connectivity index (χ4v) is 2.36. The molecule has 3 N–H and O–H groups in total. The zero-order chi connectivity index (χ0) is 16.5. The number of hydrogen-bond donors (Lipinski definition) is 3. The highest BCUT2D eigenvalue weighted by atomic mass is 16.3. The number of aliphatic imine (C=N–C) groups is 1. The van der Waals surface area contributed by atoms with Crippen LogP contribution < -0.4 is 10.6 Å². The smallest absolute Gasteiger partial charge is 0.191 e. The van der Waals surface area contributed by atoms with Crippen LogP contribution in [0.5, 0.6) is 5.75 Å². The summed E-state index contributed by atoms with van der Waals surface area (Å²) < 4.78 is 0. The lowest BCUT2D eigenvalue weighted by Gasteiger charge is -2.18. The van der Waals surface area contributed by atoms with Crippen LogP contribution >= 0.6 is 0 Å². The van der Waals surface area contributed by atoms with Crippen molar-refractivity contribution in [1.29, 1.82) is 0 Å². The summed E-state index contributed by atoms with van der Waals surface area (Å²) in [6.07, 6.45) is 0.796. The normalized spacial score (nSPS) is 12.7. The van der Waals surface area contributed by atoms with Gasteiger partial charge in [-0.15, -0.1) is 0 Å². The molecule has 2 aromatic rings. The Hall–Kier alpha value is -2.49. The average molecular weight is 311 g/mol. The van der Waals surface area contributed by atoms with E-state index in [2.05, 4.69) is 41.6 Å². The van der Waals surface area contributed by atoms with Gasteiger partial charge in [-0.1, -0.05) is 42.5 Å². The molecule has 0 saturated heterocycles. The van der Waals surface area contributed by atoms with Crippen LogP contribution in [0.3, 0.4) is 0 Å². The molecule has 122 valence electrons. The third kappa shape index (κ3) is 5.66. The van der Waals surface area contributed by atoms with Gasteiger partial charge in [0.2, 0.25) is 0 Å². The predicted octanol–water partition coefficient (Wildman–Crippen LogP) is 3.25. The predicted molar refractivity (Wildman–Crippen MR) is 95.8 cm³/mol. The number of nitrogens with one attached hydrogen (secondary N) is 2. The van der Waals surface area contributed by atoms with E-state index in [-0.39, 0.29) is 6.04 Å². The summed E-state index contributed by atoms with van der Waals surface area (Å²) in [4.78, 5) is 4.62. The maximum Gasteiger partial charge on any atom is 0.191 e. The molecule has 4 heteroatoms. The summed E-state index contributed by atoms with van der Waals surface area (Å²) in [5, 5.41) is 16.2. The monoisotopic (exact) mass is 311 g/mol. The fraction of sp³-hybridized carbons (Fsp3) is 0.316. The lowest BCUT2D eigenvalue weighted by atomic mass is 10.1. The molecule has 2 aromatic carbocycles. The molecular weight excluding hydrogens is 286 g/mol. The van der Waals surface area contributed by atoms with Crippen LogP contribution in [0.4, 0.5) is 0 Å². The van der Waals surface area contributed by atoms with Crippen molar-refractivity contribution in [3.8, 4) is 5.75 Å². The first-order chi connectivity index (χ1) is 11.2. The van der Waals surface area contributed by atoms with Crippen molar-refractivity contribution in [3.63, 3.8) is 0 Å². The van der Waals surface area contributed by atoms with E-state index in [0.717, 1.165) is 24.5 Å². The van der Waals surface area contributed by atoms with E-state index in [1.54, 1.807) is 12.1 Å². The second kappa shape index (κ2) is 8.83. The number of hydrogen-bond acceptors (Lipinski definition) is 2. The van der Waals surface area contributed by atoms with E-state index in [1.165, 1.54) is 5.56 Å². The van der Waals surface area contributed by atoms with Gasteiger partial charge in [0, 0.05) is 13.1 Å². The number of phenolic OH excluding ortho intramolecular Hbond substituents is 1. The molecule has 2 rings (SSSR count). The second-order valence-electron chi connectivity index (χ2n) is 5.46. The fourth-order valence-electron chi connectivity index (χ4n) is 2.36. The number of guanidine groups is 1. The zero-order valence-electron chi connectivity index (χ0n) is 13.8. The highest BCUT2D eigenvalue weighted by Crippen LogP contribution is 2.12. The largest absolute Gasteiger partial charge is 0.508 e. The maximum absolute atomic E-state index is 9.49. The topological polar surface area (TPSA) is 56.7 Å².